The molecule has 2 bridgehead atoms. The van der Waals surface area contributed by atoms with Crippen LogP contribution in [-0.4, -0.2) is 65.0 Å². The van der Waals surface area contributed by atoms with Crippen LogP contribution in [-0.2, 0) is 22.9 Å². The first-order valence-corrected chi connectivity index (χ1v) is 11.7. The summed E-state index contributed by atoms with van der Waals surface area (Å²) in [5.74, 6) is -0.901. The zero-order valence-electron chi connectivity index (χ0n) is 15.7. The lowest BCUT2D eigenvalue weighted by Crippen LogP contribution is -2.57. The van der Waals surface area contributed by atoms with Crippen LogP contribution in [0.2, 0.25) is 0 Å². The highest BCUT2D eigenvalue weighted by Gasteiger charge is 2.55. The number of para-hydroxylation sites is 1. The smallest absolute Gasteiger partial charge is 0.369 e. The number of carbonyl (C=O) groups excluding carboxylic acids is 2. The van der Waals surface area contributed by atoms with Gasteiger partial charge in [0.25, 0.3) is 0 Å². The van der Waals surface area contributed by atoms with Crippen molar-refractivity contribution in [3.8, 4) is 0 Å². The molecule has 4 saturated heterocycles. The van der Waals surface area contributed by atoms with Crippen molar-refractivity contribution in [2.45, 2.75) is 12.8 Å². The standard InChI is InChI=1S/C20H24N2O5Si/c23-19-17-7-6-16(28-25-11-8-21(9-12-26-28)10-13-27-28)14-18(17)20(24)22(19)15-4-2-1-3-5-15/h1-6,17-18H,7-14H2. The number of amides is 2. The highest BCUT2D eigenvalue weighted by atomic mass is 28.4. The van der Waals surface area contributed by atoms with Crippen molar-refractivity contribution in [2.24, 2.45) is 11.8 Å². The summed E-state index contributed by atoms with van der Waals surface area (Å²) in [6.45, 7) is 4.34. The summed E-state index contributed by atoms with van der Waals surface area (Å²) in [4.78, 5) is 29.7. The van der Waals surface area contributed by atoms with Gasteiger partial charge in [0.05, 0.1) is 37.3 Å². The maximum atomic E-state index is 13.1. The first kappa shape index (κ1) is 18.2. The molecule has 4 heterocycles. The molecule has 0 saturated carbocycles. The molecule has 4 fully saturated rings. The highest BCUT2D eigenvalue weighted by Crippen LogP contribution is 2.42. The molecule has 7 nitrogen and oxygen atoms in total. The van der Waals surface area contributed by atoms with E-state index in [1.54, 1.807) is 12.1 Å². The Kier molecular flexibility index (Phi) is 4.68. The average Bonchev–Trinajstić information content (AvgIpc) is 2.92. The number of rotatable bonds is 2. The zero-order chi connectivity index (χ0) is 19.1. The molecule has 1 aromatic carbocycles. The molecule has 2 atom stereocenters. The molecule has 0 N–H and O–H groups in total. The van der Waals surface area contributed by atoms with E-state index in [1.807, 2.05) is 24.3 Å². The van der Waals surface area contributed by atoms with Gasteiger partial charge in [-0.2, -0.15) is 0 Å². The van der Waals surface area contributed by atoms with E-state index in [0.717, 1.165) is 24.8 Å². The summed E-state index contributed by atoms with van der Waals surface area (Å²) in [6, 6.07) is 9.17. The molecule has 2 unspecified atom stereocenters. The average molecular weight is 401 g/mol. The number of benzene rings is 1. The van der Waals surface area contributed by atoms with Gasteiger partial charge in [-0.1, -0.05) is 24.3 Å². The topological polar surface area (TPSA) is 68.3 Å². The lowest BCUT2D eigenvalue weighted by Gasteiger charge is -2.40. The van der Waals surface area contributed by atoms with E-state index in [0.29, 0.717) is 38.3 Å². The van der Waals surface area contributed by atoms with E-state index in [9.17, 15) is 9.59 Å². The van der Waals surface area contributed by atoms with Crippen LogP contribution in [0.25, 0.3) is 0 Å². The van der Waals surface area contributed by atoms with Gasteiger partial charge in [-0.3, -0.25) is 19.4 Å². The van der Waals surface area contributed by atoms with Crippen LogP contribution in [0, 0.1) is 11.8 Å². The molecule has 148 valence electrons. The van der Waals surface area contributed by atoms with Gasteiger partial charge in [-0.15, -0.1) is 0 Å². The molecule has 0 aromatic heterocycles. The molecule has 28 heavy (non-hydrogen) atoms. The molecular weight excluding hydrogens is 376 g/mol. The van der Waals surface area contributed by atoms with Gasteiger partial charge in [0.1, 0.15) is 0 Å². The number of carbonyl (C=O) groups is 2. The molecule has 0 spiro atoms. The van der Waals surface area contributed by atoms with Crippen LogP contribution < -0.4 is 4.90 Å². The molecule has 5 aliphatic rings. The van der Waals surface area contributed by atoms with Crippen molar-refractivity contribution in [1.29, 1.82) is 0 Å². The van der Waals surface area contributed by atoms with E-state index in [4.69, 9.17) is 13.3 Å². The third-order valence-corrected chi connectivity index (χ3v) is 9.07. The summed E-state index contributed by atoms with van der Waals surface area (Å²) in [5.41, 5.74) is 0.643. The van der Waals surface area contributed by atoms with Crippen molar-refractivity contribution in [2.75, 3.05) is 44.4 Å². The summed E-state index contributed by atoms with van der Waals surface area (Å²) in [7, 11) is -2.99. The molecule has 6 rings (SSSR count). The minimum atomic E-state index is -2.99. The Morgan fingerprint density at radius 1 is 0.857 bits per heavy atom. The Balaban J connectivity index is 1.41. The van der Waals surface area contributed by atoms with Gasteiger partial charge in [-0.05, 0) is 30.2 Å². The predicted octanol–water partition coefficient (Wildman–Crippen LogP) is 1.37. The van der Waals surface area contributed by atoms with E-state index in [-0.39, 0.29) is 23.7 Å². The molecular formula is C20H24N2O5Si. The largest absolute Gasteiger partial charge is 0.532 e. The minimum Gasteiger partial charge on any atom is -0.369 e. The number of fused-ring (bicyclic) bond motifs is 7. The molecule has 4 aliphatic heterocycles. The molecule has 2 amide bonds. The van der Waals surface area contributed by atoms with Crippen LogP contribution in [0.1, 0.15) is 12.8 Å². The second-order valence-corrected chi connectivity index (χ2v) is 10.3. The van der Waals surface area contributed by atoms with E-state index in [1.165, 1.54) is 4.90 Å². The Morgan fingerprint density at radius 2 is 1.46 bits per heavy atom. The second kappa shape index (κ2) is 7.20. The molecule has 0 radical (unpaired) electrons. The Labute approximate surface area is 165 Å². The van der Waals surface area contributed by atoms with Crippen molar-refractivity contribution in [3.05, 3.63) is 41.6 Å². The Morgan fingerprint density at radius 3 is 2.11 bits per heavy atom. The number of nitrogens with zero attached hydrogens (tertiary/aromatic N) is 2. The maximum Gasteiger partial charge on any atom is 0.532 e. The van der Waals surface area contributed by atoms with E-state index >= 15 is 0 Å². The fourth-order valence-corrected chi connectivity index (χ4v) is 7.34. The Bertz CT molecular complexity index is 788. The first-order chi connectivity index (χ1) is 13.7. The summed E-state index contributed by atoms with van der Waals surface area (Å²) in [6.07, 6.45) is 3.06. The Hall–Kier alpha value is -1.84. The SMILES string of the molecule is O=C1C2CC=C([Si]34OCCN(CCO3)CCO4)CC2C(=O)N1c1ccccc1. The molecule has 1 aliphatic carbocycles. The zero-order valence-corrected chi connectivity index (χ0v) is 16.7. The van der Waals surface area contributed by atoms with Crippen LogP contribution in [0.15, 0.2) is 41.6 Å². The van der Waals surface area contributed by atoms with E-state index < -0.39 is 8.80 Å². The van der Waals surface area contributed by atoms with Gasteiger partial charge in [0, 0.05) is 19.6 Å². The number of imide groups is 1. The molecule has 8 heteroatoms. The fourth-order valence-electron chi connectivity index (χ4n) is 4.62. The van der Waals surface area contributed by atoms with Gasteiger partial charge < -0.3 is 13.3 Å². The third kappa shape index (κ3) is 2.96. The van der Waals surface area contributed by atoms with Gasteiger partial charge in [-0.25, -0.2) is 0 Å². The van der Waals surface area contributed by atoms with Crippen molar-refractivity contribution >= 4 is 26.3 Å². The van der Waals surface area contributed by atoms with Crippen LogP contribution in [0.5, 0.6) is 0 Å². The lowest BCUT2D eigenvalue weighted by molar-refractivity contribution is -0.122. The second-order valence-electron chi connectivity index (χ2n) is 7.67. The monoisotopic (exact) mass is 400 g/mol. The highest BCUT2D eigenvalue weighted by molar-refractivity contribution is 6.69. The van der Waals surface area contributed by atoms with Gasteiger partial charge in [0.15, 0.2) is 0 Å². The summed E-state index contributed by atoms with van der Waals surface area (Å²) < 4.78 is 18.5. The van der Waals surface area contributed by atoms with Crippen molar-refractivity contribution in [3.63, 3.8) is 0 Å². The van der Waals surface area contributed by atoms with Crippen molar-refractivity contribution in [1.82, 2.24) is 4.90 Å². The molecule has 1 aromatic rings. The van der Waals surface area contributed by atoms with Gasteiger partial charge >= 0.3 is 8.80 Å². The predicted molar refractivity (Wildman–Crippen MR) is 103 cm³/mol. The number of anilines is 1. The minimum absolute atomic E-state index is 0.107. The normalized spacial score (nSPS) is 35.8. The first-order valence-electron chi connectivity index (χ1n) is 9.94. The van der Waals surface area contributed by atoms with Crippen LogP contribution in [0.3, 0.4) is 0 Å². The van der Waals surface area contributed by atoms with Gasteiger partial charge in [0.2, 0.25) is 11.8 Å². The summed E-state index contributed by atoms with van der Waals surface area (Å²) >= 11 is 0. The van der Waals surface area contributed by atoms with Crippen molar-refractivity contribution < 1.29 is 22.9 Å². The quantitative estimate of drug-likeness (QED) is 0.552. The van der Waals surface area contributed by atoms with Crippen LogP contribution >= 0.6 is 0 Å². The number of hydrogen-bond donors (Lipinski definition) is 0. The van der Waals surface area contributed by atoms with Crippen LogP contribution in [0.4, 0.5) is 5.69 Å². The third-order valence-electron chi connectivity index (χ3n) is 6.13. The number of allylic oxidation sites excluding steroid dienone is 2. The lowest BCUT2D eigenvalue weighted by atomic mass is 9.85. The van der Waals surface area contributed by atoms with E-state index in [2.05, 4.69) is 4.90 Å². The summed E-state index contributed by atoms with van der Waals surface area (Å²) in [5, 5.41) is 0.972. The number of hydrogen-bond acceptors (Lipinski definition) is 6. The fraction of sp³-hybridized carbons (Fsp3) is 0.500. The maximum absolute atomic E-state index is 13.1.